The second-order valence-electron chi connectivity index (χ2n) is 5.19. The smallest absolute Gasteiger partial charge is 0.224 e. The van der Waals surface area contributed by atoms with Crippen LogP contribution >= 0.6 is 27.5 Å². The molecule has 0 aliphatic heterocycles. The zero-order valence-electron chi connectivity index (χ0n) is 10.6. The molecule has 2 unspecified atom stereocenters. The molecule has 2 atom stereocenters. The molecule has 0 spiro atoms. The maximum atomic E-state index is 5.78. The Labute approximate surface area is 122 Å². The molecule has 1 fully saturated rings. The van der Waals surface area contributed by atoms with Crippen LogP contribution in [0.4, 0.5) is 5.82 Å². The first-order valence-electron chi connectivity index (χ1n) is 6.57. The highest BCUT2D eigenvalue weighted by atomic mass is 79.9. The lowest BCUT2D eigenvalue weighted by Crippen LogP contribution is -2.17. The Kier molecular flexibility index (Phi) is 5.25. The Balaban J connectivity index is 1.79. The number of anilines is 1. The lowest BCUT2D eigenvalue weighted by molar-refractivity contribution is 0.274. The normalized spacial score (nSPS) is 23.9. The molecule has 1 heterocycles. The average molecular weight is 333 g/mol. The van der Waals surface area contributed by atoms with Gasteiger partial charge in [-0.15, -0.1) is 0 Å². The van der Waals surface area contributed by atoms with Gasteiger partial charge in [0.25, 0.3) is 0 Å². The molecule has 0 amide bonds. The molecule has 1 aromatic heterocycles. The summed E-state index contributed by atoms with van der Waals surface area (Å²) < 4.78 is 0.865. The van der Waals surface area contributed by atoms with Gasteiger partial charge in [0, 0.05) is 12.7 Å². The van der Waals surface area contributed by atoms with Gasteiger partial charge < -0.3 is 5.32 Å². The van der Waals surface area contributed by atoms with Crippen LogP contribution in [-0.4, -0.2) is 16.5 Å². The molecule has 0 aromatic carbocycles. The van der Waals surface area contributed by atoms with Gasteiger partial charge in [-0.2, -0.15) is 4.98 Å². The third-order valence-corrected chi connectivity index (χ3v) is 4.37. The fraction of sp³-hybridized carbons (Fsp3) is 0.692. The van der Waals surface area contributed by atoms with E-state index in [-0.39, 0.29) is 5.28 Å². The first-order chi connectivity index (χ1) is 8.65. The highest BCUT2D eigenvalue weighted by Gasteiger charge is 2.18. The van der Waals surface area contributed by atoms with E-state index in [4.69, 9.17) is 11.6 Å². The van der Waals surface area contributed by atoms with Crippen molar-refractivity contribution in [3.05, 3.63) is 16.0 Å². The van der Waals surface area contributed by atoms with Gasteiger partial charge in [0.1, 0.15) is 5.82 Å². The van der Waals surface area contributed by atoms with E-state index in [1.54, 1.807) is 6.20 Å². The van der Waals surface area contributed by atoms with Crippen molar-refractivity contribution in [1.29, 1.82) is 0 Å². The molecule has 3 nitrogen and oxygen atoms in total. The Morgan fingerprint density at radius 2 is 2.33 bits per heavy atom. The van der Waals surface area contributed by atoms with Crippen LogP contribution in [0.1, 0.15) is 39.0 Å². The molecule has 5 heteroatoms. The summed E-state index contributed by atoms with van der Waals surface area (Å²) in [6.45, 7) is 3.31. The summed E-state index contributed by atoms with van der Waals surface area (Å²) in [6.07, 6.45) is 8.41. The quantitative estimate of drug-likeness (QED) is 0.824. The van der Waals surface area contributed by atoms with Crippen LogP contribution in [0.3, 0.4) is 0 Å². The summed E-state index contributed by atoms with van der Waals surface area (Å²) in [4.78, 5) is 8.08. The average Bonchev–Trinajstić information content (AvgIpc) is 2.34. The standard InChI is InChI=1S/C13H19BrClN3/c1-9-3-2-4-10(7-9)5-6-16-12-11(14)8-17-13(15)18-12/h8-10H,2-7H2,1H3,(H,16,17,18). The zero-order chi connectivity index (χ0) is 13.0. The third-order valence-electron chi connectivity index (χ3n) is 3.60. The minimum absolute atomic E-state index is 0.284. The van der Waals surface area contributed by atoms with Crippen molar-refractivity contribution in [3.63, 3.8) is 0 Å². The lowest BCUT2D eigenvalue weighted by atomic mass is 9.81. The molecular formula is C13H19BrClN3. The second-order valence-corrected chi connectivity index (χ2v) is 6.38. The third kappa shape index (κ3) is 4.09. The predicted molar refractivity (Wildman–Crippen MR) is 79.0 cm³/mol. The highest BCUT2D eigenvalue weighted by molar-refractivity contribution is 9.10. The van der Waals surface area contributed by atoms with E-state index in [0.29, 0.717) is 0 Å². The van der Waals surface area contributed by atoms with Gasteiger partial charge >= 0.3 is 0 Å². The lowest BCUT2D eigenvalue weighted by Gasteiger charge is -2.26. The van der Waals surface area contributed by atoms with Crippen molar-refractivity contribution in [2.24, 2.45) is 11.8 Å². The number of nitrogens with zero attached hydrogens (tertiary/aromatic N) is 2. The molecule has 1 aliphatic rings. The van der Waals surface area contributed by atoms with Crippen molar-refractivity contribution < 1.29 is 0 Å². The Bertz CT molecular complexity index is 400. The van der Waals surface area contributed by atoms with Gasteiger partial charge in [0.05, 0.1) is 4.47 Å². The fourth-order valence-electron chi connectivity index (χ4n) is 2.69. The molecule has 0 saturated heterocycles. The number of aromatic nitrogens is 2. The second kappa shape index (κ2) is 6.71. The topological polar surface area (TPSA) is 37.8 Å². The van der Waals surface area contributed by atoms with Crippen LogP contribution in [0, 0.1) is 11.8 Å². The van der Waals surface area contributed by atoms with Crippen molar-refractivity contribution in [2.45, 2.75) is 39.0 Å². The molecule has 1 saturated carbocycles. The van der Waals surface area contributed by atoms with E-state index in [2.05, 4.69) is 38.1 Å². The molecule has 0 bridgehead atoms. The Morgan fingerprint density at radius 3 is 3.11 bits per heavy atom. The first kappa shape index (κ1) is 14.1. The van der Waals surface area contributed by atoms with E-state index in [1.165, 1.54) is 32.1 Å². The van der Waals surface area contributed by atoms with Crippen LogP contribution in [0.25, 0.3) is 0 Å². The fourth-order valence-corrected chi connectivity index (χ4v) is 3.15. The molecule has 100 valence electrons. The number of halogens is 2. The van der Waals surface area contributed by atoms with Crippen molar-refractivity contribution in [1.82, 2.24) is 9.97 Å². The minimum atomic E-state index is 0.284. The van der Waals surface area contributed by atoms with Crippen molar-refractivity contribution >= 4 is 33.3 Å². The van der Waals surface area contributed by atoms with Gasteiger partial charge in [-0.25, -0.2) is 4.98 Å². The van der Waals surface area contributed by atoms with E-state index in [9.17, 15) is 0 Å². The summed E-state index contributed by atoms with van der Waals surface area (Å²) in [5.41, 5.74) is 0. The largest absolute Gasteiger partial charge is 0.369 e. The van der Waals surface area contributed by atoms with E-state index >= 15 is 0 Å². The SMILES string of the molecule is CC1CCCC(CCNc2nc(Cl)ncc2Br)C1. The van der Waals surface area contributed by atoms with Crippen LogP contribution in [0.15, 0.2) is 10.7 Å². The summed E-state index contributed by atoms with van der Waals surface area (Å²) in [5.74, 6) is 2.54. The maximum absolute atomic E-state index is 5.78. The summed E-state index contributed by atoms with van der Waals surface area (Å²) in [5, 5.41) is 3.62. The number of rotatable bonds is 4. The molecule has 1 aromatic rings. The van der Waals surface area contributed by atoms with Crippen LogP contribution in [0.2, 0.25) is 5.28 Å². The van der Waals surface area contributed by atoms with Crippen LogP contribution in [0.5, 0.6) is 0 Å². The van der Waals surface area contributed by atoms with Gasteiger partial charge in [0.2, 0.25) is 5.28 Å². The van der Waals surface area contributed by atoms with Gasteiger partial charge in [-0.1, -0.05) is 26.2 Å². The van der Waals surface area contributed by atoms with Crippen molar-refractivity contribution in [2.75, 3.05) is 11.9 Å². The maximum Gasteiger partial charge on any atom is 0.224 e. The van der Waals surface area contributed by atoms with Crippen LogP contribution < -0.4 is 5.32 Å². The molecule has 1 N–H and O–H groups in total. The summed E-state index contributed by atoms with van der Waals surface area (Å²) in [6, 6.07) is 0. The summed E-state index contributed by atoms with van der Waals surface area (Å²) >= 11 is 9.20. The molecular weight excluding hydrogens is 314 g/mol. The van der Waals surface area contributed by atoms with E-state index in [0.717, 1.165) is 28.7 Å². The first-order valence-corrected chi connectivity index (χ1v) is 7.74. The molecule has 2 rings (SSSR count). The minimum Gasteiger partial charge on any atom is -0.369 e. The van der Waals surface area contributed by atoms with Gasteiger partial charge in [-0.3, -0.25) is 0 Å². The number of hydrogen-bond donors (Lipinski definition) is 1. The Morgan fingerprint density at radius 1 is 1.50 bits per heavy atom. The zero-order valence-corrected chi connectivity index (χ0v) is 13.0. The van der Waals surface area contributed by atoms with Crippen molar-refractivity contribution in [3.8, 4) is 0 Å². The monoisotopic (exact) mass is 331 g/mol. The Hall–Kier alpha value is -0.350. The van der Waals surface area contributed by atoms with Crippen LogP contribution in [-0.2, 0) is 0 Å². The predicted octanol–water partition coefficient (Wildman–Crippen LogP) is 4.52. The van der Waals surface area contributed by atoms with E-state index in [1.807, 2.05) is 0 Å². The molecule has 18 heavy (non-hydrogen) atoms. The molecule has 0 radical (unpaired) electrons. The van der Waals surface area contributed by atoms with E-state index < -0.39 is 0 Å². The molecule has 1 aliphatic carbocycles. The van der Waals surface area contributed by atoms with Gasteiger partial charge in [-0.05, 0) is 52.2 Å². The highest BCUT2D eigenvalue weighted by Crippen LogP contribution is 2.30. The van der Waals surface area contributed by atoms with Gasteiger partial charge in [0.15, 0.2) is 0 Å². The number of nitrogens with one attached hydrogen (secondary N) is 1. The number of hydrogen-bond acceptors (Lipinski definition) is 3. The summed E-state index contributed by atoms with van der Waals surface area (Å²) in [7, 11) is 0.